The molecule has 0 radical (unpaired) electrons. The second-order valence-electron chi connectivity index (χ2n) is 5.04. The molecule has 1 nitrogen and oxygen atoms in total. The van der Waals surface area contributed by atoms with Crippen LogP contribution in [0, 0.1) is 23.2 Å². The van der Waals surface area contributed by atoms with Gasteiger partial charge in [-0.05, 0) is 18.3 Å². The fourth-order valence-corrected chi connectivity index (χ4v) is 1.48. The smallest absolute Gasteiger partial charge is 0.119 e. The van der Waals surface area contributed by atoms with Crippen molar-refractivity contribution in [2.75, 3.05) is 0 Å². The van der Waals surface area contributed by atoms with E-state index in [1.54, 1.807) is 0 Å². The molecule has 1 aliphatic carbocycles. The molecule has 0 aliphatic heterocycles. The second-order valence-corrected chi connectivity index (χ2v) is 5.04. The minimum absolute atomic E-state index is 0.106. The molecule has 1 aliphatic rings. The molecule has 0 aromatic rings. The maximum Gasteiger partial charge on any atom is 0.119 e. The van der Waals surface area contributed by atoms with E-state index in [4.69, 9.17) is 0 Å². The van der Waals surface area contributed by atoms with Crippen LogP contribution in [0.2, 0.25) is 0 Å². The fourth-order valence-electron chi connectivity index (χ4n) is 1.48. The number of aliphatic hydroxyl groups excluding tert-OH is 1. The number of rotatable bonds is 0. The topological polar surface area (TPSA) is 20.2 Å². The van der Waals surface area contributed by atoms with Gasteiger partial charge in [0, 0.05) is 5.92 Å². The summed E-state index contributed by atoms with van der Waals surface area (Å²) in [6.45, 7) is 6.04. The molecule has 1 fully saturated rings. The Morgan fingerprint density at radius 3 is 2.23 bits per heavy atom. The molecule has 0 unspecified atom stereocenters. The quantitative estimate of drug-likeness (QED) is 0.568. The standard InChI is InChI=1S/C12H20O/c1-12(2,3)11(13)9-8-10-6-4-5-7-10/h10-11,13H,4-7H2,1-3H3/t11-/m0/s1. The molecule has 0 bridgehead atoms. The lowest BCUT2D eigenvalue weighted by atomic mass is 9.89. The molecular weight excluding hydrogens is 160 g/mol. The molecular formula is C12H20O. The van der Waals surface area contributed by atoms with Gasteiger partial charge in [0.15, 0.2) is 0 Å². The van der Waals surface area contributed by atoms with Crippen LogP contribution in [0.15, 0.2) is 0 Å². The lowest BCUT2D eigenvalue weighted by molar-refractivity contribution is 0.114. The van der Waals surface area contributed by atoms with E-state index in [9.17, 15) is 5.11 Å². The Kier molecular flexibility index (Phi) is 3.39. The van der Waals surface area contributed by atoms with E-state index in [2.05, 4.69) is 11.8 Å². The van der Waals surface area contributed by atoms with Gasteiger partial charge in [-0.25, -0.2) is 0 Å². The summed E-state index contributed by atoms with van der Waals surface area (Å²) in [7, 11) is 0. The van der Waals surface area contributed by atoms with E-state index in [0.717, 1.165) is 0 Å². The highest BCUT2D eigenvalue weighted by atomic mass is 16.3. The second kappa shape index (κ2) is 4.15. The van der Waals surface area contributed by atoms with Gasteiger partial charge in [0.05, 0.1) is 0 Å². The van der Waals surface area contributed by atoms with E-state index in [0.29, 0.717) is 5.92 Å². The van der Waals surface area contributed by atoms with Gasteiger partial charge in [0.25, 0.3) is 0 Å². The molecule has 74 valence electrons. The summed E-state index contributed by atoms with van der Waals surface area (Å²) >= 11 is 0. The van der Waals surface area contributed by atoms with Gasteiger partial charge in [-0.3, -0.25) is 0 Å². The molecule has 0 saturated heterocycles. The third-order valence-electron chi connectivity index (χ3n) is 2.60. The van der Waals surface area contributed by atoms with Crippen LogP contribution in [-0.4, -0.2) is 11.2 Å². The highest BCUT2D eigenvalue weighted by Gasteiger charge is 2.20. The van der Waals surface area contributed by atoms with Crippen LogP contribution in [0.5, 0.6) is 0 Å². The van der Waals surface area contributed by atoms with Crippen molar-refractivity contribution in [2.45, 2.75) is 52.6 Å². The van der Waals surface area contributed by atoms with Crippen LogP contribution < -0.4 is 0 Å². The van der Waals surface area contributed by atoms with Crippen molar-refractivity contribution < 1.29 is 5.11 Å². The van der Waals surface area contributed by atoms with Crippen molar-refractivity contribution in [1.82, 2.24) is 0 Å². The maximum absolute atomic E-state index is 9.67. The minimum atomic E-state index is -0.479. The minimum Gasteiger partial charge on any atom is -0.380 e. The SMILES string of the molecule is CC(C)(C)[C@@H](O)C#CC1CCCC1. The van der Waals surface area contributed by atoms with Gasteiger partial charge < -0.3 is 5.11 Å². The lowest BCUT2D eigenvalue weighted by Gasteiger charge is -2.20. The van der Waals surface area contributed by atoms with Gasteiger partial charge in [-0.1, -0.05) is 45.5 Å². The predicted octanol–water partition coefficient (Wildman–Crippen LogP) is 2.59. The first kappa shape index (κ1) is 10.6. The van der Waals surface area contributed by atoms with Crippen LogP contribution in [-0.2, 0) is 0 Å². The van der Waals surface area contributed by atoms with Gasteiger partial charge in [0.2, 0.25) is 0 Å². The van der Waals surface area contributed by atoms with Crippen molar-refractivity contribution in [2.24, 2.45) is 11.3 Å². The Bertz CT molecular complexity index is 208. The van der Waals surface area contributed by atoms with E-state index in [-0.39, 0.29) is 5.41 Å². The monoisotopic (exact) mass is 180 g/mol. The Balaban J connectivity index is 2.45. The normalized spacial score (nSPS) is 20.9. The molecule has 0 aromatic heterocycles. The zero-order chi connectivity index (χ0) is 9.90. The summed E-state index contributed by atoms with van der Waals surface area (Å²) in [5, 5.41) is 9.67. The molecule has 1 rings (SSSR count). The van der Waals surface area contributed by atoms with E-state index in [1.165, 1.54) is 25.7 Å². The summed E-state index contributed by atoms with van der Waals surface area (Å²) in [5.41, 5.74) is -0.106. The van der Waals surface area contributed by atoms with Gasteiger partial charge in [-0.2, -0.15) is 0 Å². The third kappa shape index (κ3) is 3.40. The molecule has 1 saturated carbocycles. The van der Waals surface area contributed by atoms with Gasteiger partial charge >= 0.3 is 0 Å². The molecule has 13 heavy (non-hydrogen) atoms. The first-order valence-electron chi connectivity index (χ1n) is 5.19. The Hall–Kier alpha value is -0.480. The zero-order valence-corrected chi connectivity index (χ0v) is 8.93. The highest BCUT2D eigenvalue weighted by Crippen LogP contribution is 2.24. The van der Waals surface area contributed by atoms with Gasteiger partial charge in [-0.15, -0.1) is 0 Å². The van der Waals surface area contributed by atoms with Crippen molar-refractivity contribution in [3.63, 3.8) is 0 Å². The number of aliphatic hydroxyl groups is 1. The first-order chi connectivity index (χ1) is 6.00. The third-order valence-corrected chi connectivity index (χ3v) is 2.60. The summed E-state index contributed by atoms with van der Waals surface area (Å²) in [5.74, 6) is 6.71. The number of hydrogen-bond acceptors (Lipinski definition) is 1. The van der Waals surface area contributed by atoms with E-state index >= 15 is 0 Å². The summed E-state index contributed by atoms with van der Waals surface area (Å²) in [4.78, 5) is 0. The lowest BCUT2D eigenvalue weighted by Crippen LogP contribution is -2.24. The van der Waals surface area contributed by atoms with Crippen LogP contribution >= 0.6 is 0 Å². The van der Waals surface area contributed by atoms with Crippen molar-refractivity contribution in [3.05, 3.63) is 0 Å². The average Bonchev–Trinajstić information content (AvgIpc) is 2.50. The Morgan fingerprint density at radius 1 is 1.23 bits per heavy atom. The van der Waals surface area contributed by atoms with Crippen molar-refractivity contribution >= 4 is 0 Å². The first-order valence-corrected chi connectivity index (χ1v) is 5.19. The van der Waals surface area contributed by atoms with Crippen molar-refractivity contribution in [1.29, 1.82) is 0 Å². The summed E-state index contributed by atoms with van der Waals surface area (Å²) in [6.07, 6.45) is 4.59. The molecule has 0 amide bonds. The van der Waals surface area contributed by atoms with Gasteiger partial charge in [0.1, 0.15) is 6.10 Å². The van der Waals surface area contributed by atoms with Crippen LogP contribution in [0.3, 0.4) is 0 Å². The largest absolute Gasteiger partial charge is 0.380 e. The summed E-state index contributed by atoms with van der Waals surface area (Å²) < 4.78 is 0. The van der Waals surface area contributed by atoms with E-state index < -0.39 is 6.10 Å². The summed E-state index contributed by atoms with van der Waals surface area (Å²) in [6, 6.07) is 0. The molecule has 0 aromatic carbocycles. The van der Waals surface area contributed by atoms with Crippen LogP contribution in [0.1, 0.15) is 46.5 Å². The molecule has 0 spiro atoms. The Morgan fingerprint density at radius 2 is 1.77 bits per heavy atom. The maximum atomic E-state index is 9.67. The zero-order valence-electron chi connectivity index (χ0n) is 8.93. The van der Waals surface area contributed by atoms with E-state index in [1.807, 2.05) is 20.8 Å². The molecule has 1 N–H and O–H groups in total. The highest BCUT2D eigenvalue weighted by molar-refractivity contribution is 5.11. The van der Waals surface area contributed by atoms with Crippen LogP contribution in [0.4, 0.5) is 0 Å². The average molecular weight is 180 g/mol. The van der Waals surface area contributed by atoms with Crippen LogP contribution in [0.25, 0.3) is 0 Å². The fraction of sp³-hybridized carbons (Fsp3) is 0.833. The molecule has 1 atom stereocenters. The molecule has 0 heterocycles. The van der Waals surface area contributed by atoms with Crippen molar-refractivity contribution in [3.8, 4) is 11.8 Å². The Labute approximate surface area is 81.5 Å². The molecule has 1 heteroatoms. The number of hydrogen-bond donors (Lipinski definition) is 1. The predicted molar refractivity (Wildman–Crippen MR) is 55.2 cm³/mol.